The molecule has 1 N–H and O–H groups in total. The molecule has 0 saturated heterocycles. The minimum Gasteiger partial charge on any atom is -0.309 e. The van der Waals surface area contributed by atoms with E-state index in [-0.39, 0.29) is 0 Å². The summed E-state index contributed by atoms with van der Waals surface area (Å²) in [5.41, 5.74) is 2.48. The molecule has 0 spiro atoms. The highest BCUT2D eigenvalue weighted by molar-refractivity contribution is 5.05. The monoisotopic (exact) mass is 247 g/mol. The molecule has 0 fully saturated rings. The molecule has 0 amide bonds. The third kappa shape index (κ3) is 3.43. The minimum absolute atomic E-state index is 0.492. The summed E-state index contributed by atoms with van der Waals surface area (Å²) in [4.78, 5) is 0. The van der Waals surface area contributed by atoms with Crippen molar-refractivity contribution in [3.05, 3.63) is 35.9 Å². The quantitative estimate of drug-likeness (QED) is 0.838. The van der Waals surface area contributed by atoms with Gasteiger partial charge in [-0.15, -0.1) is 0 Å². The molecule has 0 aromatic carbocycles. The van der Waals surface area contributed by atoms with Gasteiger partial charge < -0.3 is 5.32 Å². The molecular weight excluding hydrogens is 226 g/mol. The molecule has 0 aliphatic carbocycles. The molecule has 0 radical (unpaired) electrons. The zero-order valence-corrected chi connectivity index (χ0v) is 11.3. The van der Waals surface area contributed by atoms with Crippen molar-refractivity contribution in [2.75, 3.05) is 0 Å². The molecule has 5 heteroatoms. The van der Waals surface area contributed by atoms with Crippen molar-refractivity contribution in [2.45, 2.75) is 39.4 Å². The van der Waals surface area contributed by atoms with Crippen molar-refractivity contribution in [1.82, 2.24) is 24.9 Å². The topological polar surface area (TPSA) is 47.7 Å². The maximum Gasteiger partial charge on any atom is 0.0522 e. The summed E-state index contributed by atoms with van der Waals surface area (Å²) in [6.45, 7) is 6.06. The molecular formula is C13H21N5. The molecule has 0 atom stereocenters. The van der Waals surface area contributed by atoms with Crippen LogP contribution in [0.5, 0.6) is 0 Å². The fourth-order valence-corrected chi connectivity index (χ4v) is 1.86. The molecule has 5 nitrogen and oxygen atoms in total. The van der Waals surface area contributed by atoms with Gasteiger partial charge in [0.1, 0.15) is 0 Å². The van der Waals surface area contributed by atoms with E-state index in [1.165, 1.54) is 11.3 Å². The normalized spacial score (nSPS) is 11.3. The Morgan fingerprint density at radius 3 is 2.83 bits per heavy atom. The Bertz CT molecular complexity index is 483. The lowest BCUT2D eigenvalue weighted by atomic mass is 10.2. The van der Waals surface area contributed by atoms with E-state index < -0.39 is 0 Å². The van der Waals surface area contributed by atoms with Gasteiger partial charge in [0, 0.05) is 38.6 Å². The molecule has 0 bridgehead atoms. The predicted octanol–water partition coefficient (Wildman–Crippen LogP) is 1.36. The average Bonchev–Trinajstić information content (AvgIpc) is 2.92. The second-order valence-electron chi connectivity index (χ2n) is 4.85. The number of aromatic nitrogens is 4. The Hall–Kier alpha value is -1.62. The Kier molecular flexibility index (Phi) is 4.15. The summed E-state index contributed by atoms with van der Waals surface area (Å²) in [6.07, 6.45) is 6.79. The van der Waals surface area contributed by atoms with Crippen LogP contribution in [0.25, 0.3) is 0 Å². The van der Waals surface area contributed by atoms with E-state index in [0.717, 1.165) is 19.5 Å². The van der Waals surface area contributed by atoms with Gasteiger partial charge in [-0.3, -0.25) is 9.36 Å². The van der Waals surface area contributed by atoms with Crippen LogP contribution in [0.2, 0.25) is 0 Å². The lowest BCUT2D eigenvalue weighted by Gasteiger charge is -2.10. The summed E-state index contributed by atoms with van der Waals surface area (Å²) >= 11 is 0. The second kappa shape index (κ2) is 5.82. The lowest BCUT2D eigenvalue weighted by Crippen LogP contribution is -2.24. The number of nitrogens with zero attached hydrogens (tertiary/aromatic N) is 4. The molecule has 98 valence electrons. The maximum atomic E-state index is 4.37. The van der Waals surface area contributed by atoms with E-state index >= 15 is 0 Å². The van der Waals surface area contributed by atoms with Gasteiger partial charge in [-0.25, -0.2) is 0 Å². The van der Waals surface area contributed by atoms with Gasteiger partial charge in [0.05, 0.1) is 11.9 Å². The number of nitrogens with one attached hydrogen (secondary N) is 1. The third-order valence-electron chi connectivity index (χ3n) is 2.87. The summed E-state index contributed by atoms with van der Waals surface area (Å²) in [7, 11) is 1.94. The van der Waals surface area contributed by atoms with Crippen molar-refractivity contribution in [2.24, 2.45) is 7.05 Å². The fraction of sp³-hybridized carbons (Fsp3) is 0.538. The van der Waals surface area contributed by atoms with Gasteiger partial charge in [-0.1, -0.05) is 13.8 Å². The van der Waals surface area contributed by atoms with Crippen molar-refractivity contribution in [3.8, 4) is 0 Å². The molecule has 2 heterocycles. The lowest BCUT2D eigenvalue weighted by molar-refractivity contribution is 0.527. The van der Waals surface area contributed by atoms with Gasteiger partial charge >= 0.3 is 0 Å². The first-order valence-corrected chi connectivity index (χ1v) is 6.37. The minimum atomic E-state index is 0.492. The Morgan fingerprint density at radius 1 is 1.33 bits per heavy atom. The van der Waals surface area contributed by atoms with Crippen LogP contribution in [0.15, 0.2) is 24.7 Å². The van der Waals surface area contributed by atoms with Crippen LogP contribution in [0.4, 0.5) is 0 Å². The first-order chi connectivity index (χ1) is 8.65. The van der Waals surface area contributed by atoms with Crippen molar-refractivity contribution in [1.29, 1.82) is 0 Å². The van der Waals surface area contributed by atoms with Gasteiger partial charge in [0.15, 0.2) is 0 Å². The van der Waals surface area contributed by atoms with Crippen LogP contribution in [0.1, 0.15) is 25.1 Å². The van der Waals surface area contributed by atoms with Gasteiger partial charge in [0.2, 0.25) is 0 Å². The van der Waals surface area contributed by atoms with Crippen molar-refractivity contribution < 1.29 is 0 Å². The van der Waals surface area contributed by atoms with E-state index in [4.69, 9.17) is 0 Å². The van der Waals surface area contributed by atoms with Crippen molar-refractivity contribution in [3.63, 3.8) is 0 Å². The van der Waals surface area contributed by atoms with E-state index in [1.807, 2.05) is 24.1 Å². The molecule has 0 unspecified atom stereocenters. The average molecular weight is 247 g/mol. The molecule has 18 heavy (non-hydrogen) atoms. The van der Waals surface area contributed by atoms with E-state index in [2.05, 4.69) is 46.3 Å². The molecule has 0 saturated carbocycles. The summed E-state index contributed by atoms with van der Waals surface area (Å²) in [6, 6.07) is 2.56. The second-order valence-corrected chi connectivity index (χ2v) is 4.85. The number of hydrogen-bond donors (Lipinski definition) is 1. The largest absolute Gasteiger partial charge is 0.309 e. The first-order valence-electron chi connectivity index (χ1n) is 6.37. The number of aryl methyl sites for hydroxylation is 3. The molecule has 0 aliphatic rings. The maximum absolute atomic E-state index is 4.37. The van der Waals surface area contributed by atoms with Crippen LogP contribution >= 0.6 is 0 Å². The first kappa shape index (κ1) is 12.8. The van der Waals surface area contributed by atoms with Crippen LogP contribution in [-0.4, -0.2) is 25.6 Å². The van der Waals surface area contributed by atoms with Crippen molar-refractivity contribution >= 4 is 0 Å². The number of rotatable bonds is 6. The van der Waals surface area contributed by atoms with Crippen LogP contribution in [0, 0.1) is 0 Å². The number of hydrogen-bond acceptors (Lipinski definition) is 3. The Morgan fingerprint density at radius 2 is 2.17 bits per heavy atom. The molecule has 2 aromatic rings. The van der Waals surface area contributed by atoms with Gasteiger partial charge in [-0.05, 0) is 18.1 Å². The van der Waals surface area contributed by atoms with Crippen LogP contribution < -0.4 is 5.32 Å². The summed E-state index contributed by atoms with van der Waals surface area (Å²) in [5.74, 6) is 0. The SMILES string of the molecule is CC(C)NCc1ccnn1CCc1cnn(C)c1. The predicted molar refractivity (Wildman–Crippen MR) is 71.1 cm³/mol. The smallest absolute Gasteiger partial charge is 0.0522 e. The Labute approximate surface area is 108 Å². The zero-order valence-electron chi connectivity index (χ0n) is 11.3. The van der Waals surface area contributed by atoms with E-state index in [1.54, 1.807) is 0 Å². The van der Waals surface area contributed by atoms with Crippen LogP contribution in [-0.2, 0) is 26.6 Å². The van der Waals surface area contributed by atoms with E-state index in [9.17, 15) is 0 Å². The standard InChI is InChI=1S/C13H21N5/c1-11(2)14-9-13-4-6-15-18(13)7-5-12-8-16-17(3)10-12/h4,6,8,10-11,14H,5,7,9H2,1-3H3. The third-order valence-corrected chi connectivity index (χ3v) is 2.87. The fourth-order valence-electron chi connectivity index (χ4n) is 1.86. The van der Waals surface area contributed by atoms with E-state index in [0.29, 0.717) is 6.04 Å². The molecule has 0 aliphatic heterocycles. The van der Waals surface area contributed by atoms with Crippen LogP contribution in [0.3, 0.4) is 0 Å². The zero-order chi connectivity index (χ0) is 13.0. The highest BCUT2D eigenvalue weighted by Gasteiger charge is 2.04. The summed E-state index contributed by atoms with van der Waals surface area (Å²) < 4.78 is 3.89. The van der Waals surface area contributed by atoms with Gasteiger partial charge in [-0.2, -0.15) is 10.2 Å². The molecule has 2 rings (SSSR count). The highest BCUT2D eigenvalue weighted by atomic mass is 15.3. The molecule has 2 aromatic heterocycles. The highest BCUT2D eigenvalue weighted by Crippen LogP contribution is 2.04. The summed E-state index contributed by atoms with van der Waals surface area (Å²) in [5, 5.41) is 12.0. The Balaban J connectivity index is 1.91. The van der Waals surface area contributed by atoms with Gasteiger partial charge in [0.25, 0.3) is 0 Å².